The Hall–Kier alpha value is -0.990. The lowest BCUT2D eigenvalue weighted by molar-refractivity contribution is -0.174. The lowest BCUT2D eigenvalue weighted by atomic mass is 10.1. The fraction of sp³-hybridized carbons (Fsp3) is 0.500. The molecule has 0 aromatic heterocycles. The molecule has 0 fully saturated rings. The highest BCUT2D eigenvalue weighted by Crippen LogP contribution is 2.35. The zero-order valence-corrected chi connectivity index (χ0v) is 12.5. The van der Waals surface area contributed by atoms with Gasteiger partial charge in [0.05, 0.1) is 31.3 Å². The third kappa shape index (κ3) is 4.84. The van der Waals surface area contributed by atoms with E-state index in [4.69, 9.17) is 15.2 Å². The van der Waals surface area contributed by atoms with E-state index in [2.05, 4.69) is 20.7 Å². The van der Waals surface area contributed by atoms with Gasteiger partial charge < -0.3 is 19.9 Å². The molecule has 0 bridgehead atoms. The molecule has 0 heterocycles. The van der Waals surface area contributed by atoms with Crippen LogP contribution < -0.4 is 15.2 Å². The summed E-state index contributed by atoms with van der Waals surface area (Å²) in [4.78, 5) is 0. The molecule has 0 radical (unpaired) electrons. The van der Waals surface area contributed by atoms with Crippen molar-refractivity contribution in [3.63, 3.8) is 0 Å². The van der Waals surface area contributed by atoms with E-state index in [1.54, 1.807) is 12.1 Å². The van der Waals surface area contributed by atoms with E-state index in [1.165, 1.54) is 14.2 Å². The predicted molar refractivity (Wildman–Crippen MR) is 71.0 cm³/mol. The Labute approximate surface area is 123 Å². The highest BCUT2D eigenvalue weighted by Gasteiger charge is 2.28. The van der Waals surface area contributed by atoms with Gasteiger partial charge in [0.2, 0.25) is 0 Å². The van der Waals surface area contributed by atoms with E-state index in [9.17, 15) is 13.2 Å². The standard InChI is InChI=1S/C12H15BrF3NO3/c1-18-10-4-8(13)11(19-2)3-7(10)9(17)5-20-6-12(14,15)16/h3-4,9H,5-6,17H2,1-2H3. The Morgan fingerprint density at radius 2 is 1.80 bits per heavy atom. The minimum Gasteiger partial charge on any atom is -0.496 e. The maximum atomic E-state index is 12.0. The smallest absolute Gasteiger partial charge is 0.411 e. The molecule has 114 valence electrons. The number of methoxy groups -OCH3 is 2. The number of ether oxygens (including phenoxy) is 3. The van der Waals surface area contributed by atoms with Gasteiger partial charge in [0.1, 0.15) is 18.1 Å². The van der Waals surface area contributed by atoms with Gasteiger partial charge in [0.25, 0.3) is 0 Å². The molecular formula is C12H15BrF3NO3. The Bertz CT molecular complexity index is 454. The van der Waals surface area contributed by atoms with Gasteiger partial charge in [-0.25, -0.2) is 0 Å². The number of benzene rings is 1. The van der Waals surface area contributed by atoms with Crippen molar-refractivity contribution in [1.82, 2.24) is 0 Å². The number of hydrogen-bond acceptors (Lipinski definition) is 4. The Morgan fingerprint density at radius 3 is 2.30 bits per heavy atom. The van der Waals surface area contributed by atoms with Gasteiger partial charge in [0.15, 0.2) is 0 Å². The first kappa shape index (κ1) is 17.1. The zero-order valence-electron chi connectivity index (χ0n) is 11.0. The van der Waals surface area contributed by atoms with Gasteiger partial charge in [-0.3, -0.25) is 0 Å². The molecule has 1 aromatic carbocycles. The first-order chi connectivity index (χ1) is 9.28. The van der Waals surface area contributed by atoms with Crippen molar-refractivity contribution in [3.8, 4) is 11.5 Å². The Morgan fingerprint density at radius 1 is 1.20 bits per heavy atom. The van der Waals surface area contributed by atoms with E-state index in [1.807, 2.05) is 0 Å². The summed E-state index contributed by atoms with van der Waals surface area (Å²) in [5, 5.41) is 0. The summed E-state index contributed by atoms with van der Waals surface area (Å²) in [6.45, 7) is -1.61. The van der Waals surface area contributed by atoms with E-state index < -0.39 is 18.8 Å². The average molecular weight is 358 g/mol. The number of alkyl halides is 3. The molecule has 20 heavy (non-hydrogen) atoms. The van der Waals surface area contributed by atoms with Gasteiger partial charge in [-0.05, 0) is 28.1 Å². The highest BCUT2D eigenvalue weighted by molar-refractivity contribution is 9.10. The van der Waals surface area contributed by atoms with Crippen molar-refractivity contribution < 1.29 is 27.4 Å². The quantitative estimate of drug-likeness (QED) is 0.850. The lowest BCUT2D eigenvalue weighted by Gasteiger charge is -2.18. The van der Waals surface area contributed by atoms with Gasteiger partial charge >= 0.3 is 6.18 Å². The summed E-state index contributed by atoms with van der Waals surface area (Å²) in [6, 6.07) is 2.48. The Kier molecular flexibility index (Phi) is 6.09. The maximum absolute atomic E-state index is 12.0. The second kappa shape index (κ2) is 7.14. The number of halogens is 4. The second-order valence-electron chi connectivity index (χ2n) is 3.97. The van der Waals surface area contributed by atoms with Crippen molar-refractivity contribution in [2.75, 3.05) is 27.4 Å². The molecule has 1 aromatic rings. The normalized spacial score (nSPS) is 13.2. The largest absolute Gasteiger partial charge is 0.496 e. The number of hydrogen-bond donors (Lipinski definition) is 1. The third-order valence-electron chi connectivity index (χ3n) is 2.47. The molecule has 0 saturated carbocycles. The maximum Gasteiger partial charge on any atom is 0.411 e. The first-order valence-electron chi connectivity index (χ1n) is 5.60. The van der Waals surface area contributed by atoms with Crippen molar-refractivity contribution in [2.45, 2.75) is 12.2 Å². The van der Waals surface area contributed by atoms with E-state index in [0.29, 0.717) is 21.5 Å². The summed E-state index contributed by atoms with van der Waals surface area (Å²) in [5.41, 5.74) is 6.34. The van der Waals surface area contributed by atoms with Crippen LogP contribution in [0.4, 0.5) is 13.2 Å². The predicted octanol–water partition coefficient (Wildman–Crippen LogP) is 3.05. The number of nitrogens with two attached hydrogens (primary N) is 1. The summed E-state index contributed by atoms with van der Waals surface area (Å²) in [7, 11) is 2.92. The molecule has 4 nitrogen and oxygen atoms in total. The average Bonchev–Trinajstić information content (AvgIpc) is 2.36. The van der Waals surface area contributed by atoms with Crippen LogP contribution in [0, 0.1) is 0 Å². The van der Waals surface area contributed by atoms with E-state index >= 15 is 0 Å². The highest BCUT2D eigenvalue weighted by atomic mass is 79.9. The minimum atomic E-state index is -4.37. The van der Waals surface area contributed by atoms with Crippen LogP contribution in [-0.4, -0.2) is 33.6 Å². The molecule has 8 heteroatoms. The molecule has 0 aliphatic carbocycles. The van der Waals surface area contributed by atoms with Crippen LogP contribution in [0.2, 0.25) is 0 Å². The molecular weight excluding hydrogens is 343 g/mol. The minimum absolute atomic E-state index is 0.277. The van der Waals surface area contributed by atoms with Crippen LogP contribution in [0.25, 0.3) is 0 Å². The molecule has 0 amide bonds. The van der Waals surface area contributed by atoms with Gasteiger partial charge in [-0.15, -0.1) is 0 Å². The topological polar surface area (TPSA) is 53.7 Å². The van der Waals surface area contributed by atoms with Crippen molar-refractivity contribution in [1.29, 1.82) is 0 Å². The molecule has 1 rings (SSSR count). The molecule has 0 saturated heterocycles. The molecule has 0 aliphatic rings. The summed E-state index contributed by atoms with van der Waals surface area (Å²) < 4.78 is 51.5. The van der Waals surface area contributed by atoms with Crippen LogP contribution >= 0.6 is 15.9 Å². The molecule has 0 spiro atoms. The summed E-state index contributed by atoms with van der Waals surface area (Å²) in [5.74, 6) is 0.952. The fourth-order valence-electron chi connectivity index (χ4n) is 1.57. The monoisotopic (exact) mass is 357 g/mol. The van der Waals surface area contributed by atoms with Crippen LogP contribution in [0.15, 0.2) is 16.6 Å². The van der Waals surface area contributed by atoms with Crippen molar-refractivity contribution >= 4 is 15.9 Å². The first-order valence-corrected chi connectivity index (χ1v) is 6.39. The Balaban J connectivity index is 2.83. The van der Waals surface area contributed by atoms with Crippen LogP contribution in [0.1, 0.15) is 11.6 Å². The molecule has 1 atom stereocenters. The van der Waals surface area contributed by atoms with E-state index in [-0.39, 0.29) is 6.61 Å². The third-order valence-corrected chi connectivity index (χ3v) is 3.09. The van der Waals surface area contributed by atoms with Gasteiger partial charge in [-0.1, -0.05) is 0 Å². The van der Waals surface area contributed by atoms with Gasteiger partial charge in [-0.2, -0.15) is 13.2 Å². The van der Waals surface area contributed by atoms with Crippen molar-refractivity contribution in [3.05, 3.63) is 22.2 Å². The SMILES string of the molecule is COc1cc(C(N)COCC(F)(F)F)c(OC)cc1Br. The lowest BCUT2D eigenvalue weighted by Crippen LogP contribution is -2.23. The zero-order chi connectivity index (χ0) is 15.3. The van der Waals surface area contributed by atoms with Crippen LogP contribution in [0.3, 0.4) is 0 Å². The number of rotatable bonds is 6. The molecule has 0 aliphatic heterocycles. The molecule has 1 unspecified atom stereocenters. The second-order valence-corrected chi connectivity index (χ2v) is 4.82. The fourth-order valence-corrected chi connectivity index (χ4v) is 2.05. The molecule has 2 N–H and O–H groups in total. The van der Waals surface area contributed by atoms with Crippen LogP contribution in [0.5, 0.6) is 11.5 Å². The van der Waals surface area contributed by atoms with E-state index in [0.717, 1.165) is 0 Å². The summed E-state index contributed by atoms with van der Waals surface area (Å²) in [6.07, 6.45) is -4.37. The van der Waals surface area contributed by atoms with Crippen molar-refractivity contribution in [2.24, 2.45) is 5.73 Å². The van der Waals surface area contributed by atoms with Crippen LogP contribution in [-0.2, 0) is 4.74 Å². The van der Waals surface area contributed by atoms with Gasteiger partial charge in [0, 0.05) is 5.56 Å². The summed E-state index contributed by atoms with van der Waals surface area (Å²) >= 11 is 3.28.